The third kappa shape index (κ3) is 2.66. The van der Waals surface area contributed by atoms with Crippen LogP contribution >= 0.6 is 0 Å². The van der Waals surface area contributed by atoms with Gasteiger partial charge >= 0.3 is 0 Å². The number of rotatable bonds is 1. The number of benzene rings is 1. The van der Waals surface area contributed by atoms with Gasteiger partial charge in [-0.1, -0.05) is 17.7 Å². The first-order valence-electron chi connectivity index (χ1n) is 9.44. The van der Waals surface area contributed by atoms with E-state index < -0.39 is 0 Å². The smallest absolute Gasteiger partial charge is 0.235 e. The Labute approximate surface area is 145 Å². The molecule has 1 saturated heterocycles. The molecule has 0 aromatic heterocycles. The zero-order valence-electron chi connectivity index (χ0n) is 15.0. The summed E-state index contributed by atoms with van der Waals surface area (Å²) >= 11 is 0. The lowest BCUT2D eigenvalue weighted by Gasteiger charge is -2.40. The summed E-state index contributed by atoms with van der Waals surface area (Å²) in [5.74, 6) is 0.233. The molecule has 1 saturated carbocycles. The molecule has 1 spiro atoms. The lowest BCUT2D eigenvalue weighted by Crippen LogP contribution is -2.46. The summed E-state index contributed by atoms with van der Waals surface area (Å²) in [5, 5.41) is 3.14. The maximum absolute atomic E-state index is 12.8. The largest absolute Gasteiger partial charge is 0.325 e. The van der Waals surface area contributed by atoms with Crippen molar-refractivity contribution >= 4 is 11.6 Å². The zero-order valence-corrected chi connectivity index (χ0v) is 15.0. The van der Waals surface area contributed by atoms with Crippen LogP contribution in [0.5, 0.6) is 0 Å². The van der Waals surface area contributed by atoms with Crippen LogP contribution in [0.25, 0.3) is 0 Å². The highest BCUT2D eigenvalue weighted by atomic mass is 16.2. The van der Waals surface area contributed by atoms with Gasteiger partial charge in [-0.3, -0.25) is 9.69 Å². The first-order valence-corrected chi connectivity index (χ1v) is 9.44. The highest BCUT2D eigenvalue weighted by Gasteiger charge is 2.49. The Bertz CT molecular complexity index is 634. The summed E-state index contributed by atoms with van der Waals surface area (Å²) in [7, 11) is 2.22. The van der Waals surface area contributed by atoms with Crippen molar-refractivity contribution in [1.82, 2.24) is 9.80 Å². The molecule has 24 heavy (non-hydrogen) atoms. The molecular weight excluding hydrogens is 298 g/mol. The number of carbonyl (C=O) groups excluding carboxylic acids is 1. The van der Waals surface area contributed by atoms with E-state index in [0.717, 1.165) is 31.4 Å². The van der Waals surface area contributed by atoms with Gasteiger partial charge in [0.15, 0.2) is 0 Å². The molecule has 0 radical (unpaired) electrons. The van der Waals surface area contributed by atoms with Crippen LogP contribution in [0.3, 0.4) is 0 Å². The Kier molecular flexibility index (Phi) is 4.13. The van der Waals surface area contributed by atoms with Crippen molar-refractivity contribution in [2.45, 2.75) is 50.5 Å². The normalized spacial score (nSPS) is 31.8. The first-order chi connectivity index (χ1) is 11.6. The molecule has 1 amide bonds. The monoisotopic (exact) mass is 327 g/mol. The van der Waals surface area contributed by atoms with Gasteiger partial charge < -0.3 is 10.2 Å². The zero-order chi connectivity index (χ0) is 16.7. The van der Waals surface area contributed by atoms with Crippen molar-refractivity contribution in [2.75, 3.05) is 38.5 Å². The molecule has 2 fully saturated rings. The van der Waals surface area contributed by atoms with Crippen molar-refractivity contribution in [2.24, 2.45) is 0 Å². The number of likely N-dealkylation sites (N-methyl/N-ethyl adjacent to an activating group) is 1. The lowest BCUT2D eigenvalue weighted by molar-refractivity contribution is -0.122. The van der Waals surface area contributed by atoms with Gasteiger partial charge in [0, 0.05) is 24.8 Å². The minimum atomic E-state index is -0.263. The van der Waals surface area contributed by atoms with E-state index in [4.69, 9.17) is 0 Å². The van der Waals surface area contributed by atoms with Gasteiger partial charge in [0.1, 0.15) is 0 Å². The van der Waals surface area contributed by atoms with Crippen molar-refractivity contribution in [3.05, 3.63) is 29.3 Å². The summed E-state index contributed by atoms with van der Waals surface area (Å²) in [6.07, 6.45) is 5.54. The summed E-state index contributed by atoms with van der Waals surface area (Å²) in [6.45, 7) is 6.89. The molecule has 2 heterocycles. The highest BCUT2D eigenvalue weighted by molar-refractivity contribution is 6.06. The Balaban J connectivity index is 1.50. The van der Waals surface area contributed by atoms with E-state index in [0.29, 0.717) is 6.04 Å². The number of hydrogen-bond acceptors (Lipinski definition) is 3. The first kappa shape index (κ1) is 16.1. The minimum Gasteiger partial charge on any atom is -0.325 e. The molecule has 1 aliphatic carbocycles. The van der Waals surface area contributed by atoms with Gasteiger partial charge in [0.2, 0.25) is 5.91 Å². The van der Waals surface area contributed by atoms with E-state index in [2.05, 4.69) is 47.3 Å². The van der Waals surface area contributed by atoms with E-state index in [9.17, 15) is 4.79 Å². The SMILES string of the molecule is Cc1ccc2c(c1)C1(CCC(N3CCCN(C)CC3)CC1)C(=O)N2. The summed E-state index contributed by atoms with van der Waals surface area (Å²) < 4.78 is 0. The van der Waals surface area contributed by atoms with Gasteiger partial charge in [-0.05, 0) is 70.8 Å². The van der Waals surface area contributed by atoms with Crippen LogP contribution in [0.2, 0.25) is 0 Å². The summed E-state index contributed by atoms with van der Waals surface area (Å²) in [4.78, 5) is 17.9. The number of amides is 1. The summed E-state index contributed by atoms with van der Waals surface area (Å²) in [5.41, 5.74) is 3.28. The van der Waals surface area contributed by atoms with E-state index >= 15 is 0 Å². The van der Waals surface area contributed by atoms with Crippen LogP contribution in [0.1, 0.15) is 43.2 Å². The highest BCUT2D eigenvalue weighted by Crippen LogP contribution is 2.48. The Hall–Kier alpha value is -1.39. The molecule has 1 aromatic rings. The molecule has 4 nitrogen and oxygen atoms in total. The van der Waals surface area contributed by atoms with Crippen LogP contribution in [0, 0.1) is 6.92 Å². The second-order valence-corrected chi connectivity index (χ2v) is 8.01. The molecule has 130 valence electrons. The quantitative estimate of drug-likeness (QED) is 0.861. The maximum Gasteiger partial charge on any atom is 0.235 e. The van der Waals surface area contributed by atoms with Crippen LogP contribution in [0.4, 0.5) is 5.69 Å². The maximum atomic E-state index is 12.8. The predicted molar refractivity (Wildman–Crippen MR) is 97.4 cm³/mol. The number of anilines is 1. The molecule has 1 aromatic carbocycles. The van der Waals surface area contributed by atoms with Gasteiger partial charge in [-0.25, -0.2) is 0 Å². The Morgan fingerprint density at radius 3 is 2.71 bits per heavy atom. The molecule has 4 rings (SSSR count). The van der Waals surface area contributed by atoms with Crippen molar-refractivity contribution in [3.63, 3.8) is 0 Å². The Morgan fingerprint density at radius 1 is 1.12 bits per heavy atom. The third-order valence-corrected chi connectivity index (χ3v) is 6.45. The summed E-state index contributed by atoms with van der Waals surface area (Å²) in [6, 6.07) is 7.06. The van der Waals surface area contributed by atoms with E-state index in [-0.39, 0.29) is 11.3 Å². The molecule has 1 N–H and O–H groups in total. The third-order valence-electron chi connectivity index (χ3n) is 6.45. The average Bonchev–Trinajstić information content (AvgIpc) is 2.73. The number of carbonyl (C=O) groups is 1. The van der Waals surface area contributed by atoms with E-state index in [1.165, 1.54) is 43.7 Å². The standard InChI is InChI=1S/C20H29N3O/c1-15-4-5-18-17(14-15)20(19(24)21-18)8-6-16(7-9-20)23-11-3-10-22(2)12-13-23/h4-5,14,16H,3,6-13H2,1-2H3,(H,21,24). The molecule has 4 heteroatoms. The second-order valence-electron chi connectivity index (χ2n) is 8.01. The number of nitrogens with zero attached hydrogens (tertiary/aromatic N) is 2. The molecule has 2 aliphatic heterocycles. The molecule has 3 aliphatic rings. The van der Waals surface area contributed by atoms with Crippen LogP contribution < -0.4 is 5.32 Å². The second kappa shape index (κ2) is 6.16. The molecular formula is C20H29N3O. The molecule has 0 unspecified atom stereocenters. The molecule has 0 bridgehead atoms. The average molecular weight is 327 g/mol. The van der Waals surface area contributed by atoms with Crippen LogP contribution in [-0.2, 0) is 10.2 Å². The fourth-order valence-corrected chi connectivity index (χ4v) is 4.92. The number of fused-ring (bicyclic) bond motifs is 2. The fraction of sp³-hybridized carbons (Fsp3) is 0.650. The number of nitrogens with one attached hydrogen (secondary N) is 1. The lowest BCUT2D eigenvalue weighted by atomic mass is 9.68. The topological polar surface area (TPSA) is 35.6 Å². The fourth-order valence-electron chi connectivity index (χ4n) is 4.92. The number of aryl methyl sites for hydroxylation is 1. The van der Waals surface area contributed by atoms with E-state index in [1.807, 2.05) is 0 Å². The van der Waals surface area contributed by atoms with Crippen molar-refractivity contribution < 1.29 is 4.79 Å². The van der Waals surface area contributed by atoms with Crippen molar-refractivity contribution in [1.29, 1.82) is 0 Å². The minimum absolute atomic E-state index is 0.233. The van der Waals surface area contributed by atoms with Gasteiger partial charge in [0.05, 0.1) is 5.41 Å². The van der Waals surface area contributed by atoms with Crippen LogP contribution in [-0.4, -0.2) is 55.0 Å². The van der Waals surface area contributed by atoms with Crippen LogP contribution in [0.15, 0.2) is 18.2 Å². The molecule has 0 atom stereocenters. The predicted octanol–water partition coefficient (Wildman–Crippen LogP) is 2.77. The Morgan fingerprint density at radius 2 is 1.92 bits per heavy atom. The number of hydrogen-bond donors (Lipinski definition) is 1. The van der Waals surface area contributed by atoms with E-state index in [1.54, 1.807) is 0 Å². The van der Waals surface area contributed by atoms with Gasteiger partial charge in [-0.2, -0.15) is 0 Å². The van der Waals surface area contributed by atoms with Gasteiger partial charge in [0.25, 0.3) is 0 Å². The van der Waals surface area contributed by atoms with Crippen molar-refractivity contribution in [3.8, 4) is 0 Å². The van der Waals surface area contributed by atoms with Gasteiger partial charge in [-0.15, -0.1) is 0 Å².